The van der Waals surface area contributed by atoms with Crippen molar-refractivity contribution in [1.82, 2.24) is 9.88 Å². The van der Waals surface area contributed by atoms with Crippen LogP contribution >= 0.6 is 0 Å². The first-order valence-electron chi connectivity index (χ1n) is 8.49. The van der Waals surface area contributed by atoms with Crippen LogP contribution in [0.3, 0.4) is 0 Å². The van der Waals surface area contributed by atoms with Crippen molar-refractivity contribution in [1.29, 1.82) is 0 Å². The second kappa shape index (κ2) is 7.95. The van der Waals surface area contributed by atoms with Gasteiger partial charge in [0.2, 0.25) is 5.91 Å². The predicted molar refractivity (Wildman–Crippen MR) is 97.1 cm³/mol. The van der Waals surface area contributed by atoms with Gasteiger partial charge in [0, 0.05) is 36.0 Å². The highest BCUT2D eigenvalue weighted by molar-refractivity contribution is 5.96. The van der Waals surface area contributed by atoms with E-state index >= 15 is 0 Å². The van der Waals surface area contributed by atoms with Crippen molar-refractivity contribution < 1.29 is 9.59 Å². The van der Waals surface area contributed by atoms with Crippen LogP contribution < -0.4 is 5.32 Å². The second-order valence-corrected chi connectivity index (χ2v) is 6.23. The molecule has 0 saturated heterocycles. The van der Waals surface area contributed by atoms with Crippen molar-refractivity contribution >= 4 is 11.7 Å². The van der Waals surface area contributed by atoms with E-state index in [1.54, 1.807) is 6.92 Å². The van der Waals surface area contributed by atoms with Gasteiger partial charge >= 0.3 is 0 Å². The summed E-state index contributed by atoms with van der Waals surface area (Å²) in [5, 5.41) is 2.99. The van der Waals surface area contributed by atoms with E-state index in [2.05, 4.69) is 9.88 Å². The Morgan fingerprint density at radius 3 is 2.46 bits per heavy atom. The predicted octanol–water partition coefficient (Wildman–Crippen LogP) is 3.97. The van der Waals surface area contributed by atoms with Crippen LogP contribution in [0.4, 0.5) is 0 Å². The molecular weight excluding hydrogens is 300 g/mol. The van der Waals surface area contributed by atoms with E-state index in [9.17, 15) is 9.59 Å². The van der Waals surface area contributed by atoms with Gasteiger partial charge in [0.15, 0.2) is 5.78 Å². The maximum atomic E-state index is 12.1. The highest BCUT2D eigenvalue weighted by atomic mass is 16.1. The van der Waals surface area contributed by atoms with Gasteiger partial charge in [-0.15, -0.1) is 0 Å². The van der Waals surface area contributed by atoms with Crippen LogP contribution in [0.15, 0.2) is 36.4 Å². The molecule has 1 aromatic heterocycles. The Kier molecular flexibility index (Phi) is 5.96. The molecular formula is C20H26N2O2. The molecule has 0 fully saturated rings. The van der Waals surface area contributed by atoms with Crippen LogP contribution in [0.2, 0.25) is 0 Å². The van der Waals surface area contributed by atoms with Crippen molar-refractivity contribution in [2.45, 2.75) is 53.1 Å². The molecule has 0 saturated carbocycles. The zero-order valence-corrected chi connectivity index (χ0v) is 14.9. The third kappa shape index (κ3) is 4.13. The van der Waals surface area contributed by atoms with Crippen LogP contribution in [-0.4, -0.2) is 22.3 Å². The number of amides is 1. The summed E-state index contributed by atoms with van der Waals surface area (Å²) in [7, 11) is 0. The maximum absolute atomic E-state index is 12.1. The molecule has 1 N–H and O–H groups in total. The second-order valence-electron chi connectivity index (χ2n) is 6.23. The molecule has 0 aliphatic heterocycles. The number of hydrogen-bond acceptors (Lipinski definition) is 2. The van der Waals surface area contributed by atoms with Crippen LogP contribution in [0.25, 0.3) is 11.3 Å². The van der Waals surface area contributed by atoms with Crippen molar-refractivity contribution in [3.8, 4) is 11.3 Å². The third-order valence-corrected chi connectivity index (χ3v) is 4.40. The number of nitrogens with zero attached hydrogens (tertiary/aromatic N) is 1. The molecule has 2 aromatic rings. The molecule has 1 aromatic carbocycles. The number of rotatable bonds is 7. The van der Waals surface area contributed by atoms with Gasteiger partial charge in [0.05, 0.1) is 0 Å². The van der Waals surface area contributed by atoms with Gasteiger partial charge in [0.25, 0.3) is 0 Å². The molecule has 0 radical (unpaired) electrons. The topological polar surface area (TPSA) is 51.1 Å². The zero-order chi connectivity index (χ0) is 17.7. The summed E-state index contributed by atoms with van der Waals surface area (Å²) >= 11 is 0. The van der Waals surface area contributed by atoms with Crippen LogP contribution in [-0.2, 0) is 11.3 Å². The lowest BCUT2D eigenvalue weighted by atomic mass is 10.1. The van der Waals surface area contributed by atoms with E-state index in [1.165, 1.54) is 0 Å². The molecule has 2 rings (SSSR count). The molecule has 1 heterocycles. The quantitative estimate of drug-likeness (QED) is 0.783. The molecule has 0 unspecified atom stereocenters. The Bertz CT molecular complexity index is 717. The SMILES string of the molecule is CC[C@H](C)NC(=O)CCn1c(-c2ccccc2)cc(C(C)=O)c1C. The summed E-state index contributed by atoms with van der Waals surface area (Å²) in [4.78, 5) is 24.0. The Labute approximate surface area is 143 Å². The number of carbonyl (C=O) groups is 2. The maximum Gasteiger partial charge on any atom is 0.221 e. The lowest BCUT2D eigenvalue weighted by Crippen LogP contribution is -2.32. The summed E-state index contributed by atoms with van der Waals surface area (Å²) in [6.45, 7) is 8.13. The molecule has 4 nitrogen and oxygen atoms in total. The summed E-state index contributed by atoms with van der Waals surface area (Å²) in [5.74, 6) is 0.0910. The number of nitrogens with one attached hydrogen (secondary N) is 1. The zero-order valence-electron chi connectivity index (χ0n) is 14.9. The minimum Gasteiger partial charge on any atom is -0.354 e. The standard InChI is InChI=1S/C20H26N2O2/c1-5-14(2)21-20(24)11-12-22-15(3)18(16(4)23)13-19(22)17-9-7-6-8-10-17/h6-10,13-14H,5,11-12H2,1-4H3,(H,21,24)/t14-/m0/s1. The Balaban J connectivity index is 2.27. The number of benzene rings is 1. The first kappa shape index (κ1) is 18.0. The first-order valence-corrected chi connectivity index (χ1v) is 8.49. The van der Waals surface area contributed by atoms with Crippen molar-refractivity contribution in [3.63, 3.8) is 0 Å². The lowest BCUT2D eigenvalue weighted by molar-refractivity contribution is -0.121. The van der Waals surface area contributed by atoms with Gasteiger partial charge in [-0.25, -0.2) is 0 Å². The Morgan fingerprint density at radius 2 is 1.88 bits per heavy atom. The van der Waals surface area contributed by atoms with E-state index in [0.29, 0.717) is 13.0 Å². The monoisotopic (exact) mass is 326 g/mol. The molecule has 24 heavy (non-hydrogen) atoms. The summed E-state index contributed by atoms with van der Waals surface area (Å²) in [6, 6.07) is 12.1. The van der Waals surface area contributed by atoms with Gasteiger partial charge in [-0.1, -0.05) is 37.3 Å². The number of carbonyl (C=O) groups excluding carboxylic acids is 2. The Morgan fingerprint density at radius 1 is 1.21 bits per heavy atom. The minimum atomic E-state index is 0.0424. The van der Waals surface area contributed by atoms with E-state index in [0.717, 1.165) is 28.9 Å². The number of hydrogen-bond donors (Lipinski definition) is 1. The van der Waals surface area contributed by atoms with Crippen molar-refractivity contribution in [3.05, 3.63) is 47.7 Å². The first-order chi connectivity index (χ1) is 11.4. The number of ketones is 1. The highest BCUT2D eigenvalue weighted by Gasteiger charge is 2.17. The average molecular weight is 326 g/mol. The summed E-state index contributed by atoms with van der Waals surface area (Å²) in [6.07, 6.45) is 1.31. The summed E-state index contributed by atoms with van der Waals surface area (Å²) in [5.41, 5.74) is 3.67. The van der Waals surface area contributed by atoms with Gasteiger partial charge in [-0.2, -0.15) is 0 Å². The molecule has 4 heteroatoms. The molecule has 128 valence electrons. The fourth-order valence-electron chi connectivity index (χ4n) is 2.80. The smallest absolute Gasteiger partial charge is 0.221 e. The molecule has 1 atom stereocenters. The largest absolute Gasteiger partial charge is 0.354 e. The molecule has 1 amide bonds. The van der Waals surface area contributed by atoms with Crippen LogP contribution in [0.5, 0.6) is 0 Å². The minimum absolute atomic E-state index is 0.0424. The van der Waals surface area contributed by atoms with Gasteiger partial charge in [-0.05, 0) is 38.8 Å². The van der Waals surface area contributed by atoms with E-state index in [-0.39, 0.29) is 17.7 Å². The van der Waals surface area contributed by atoms with Crippen LogP contribution in [0, 0.1) is 6.92 Å². The number of aromatic nitrogens is 1. The third-order valence-electron chi connectivity index (χ3n) is 4.40. The highest BCUT2D eigenvalue weighted by Crippen LogP contribution is 2.26. The lowest BCUT2D eigenvalue weighted by Gasteiger charge is -2.14. The van der Waals surface area contributed by atoms with Crippen molar-refractivity contribution in [2.75, 3.05) is 0 Å². The van der Waals surface area contributed by atoms with Gasteiger partial charge in [0.1, 0.15) is 0 Å². The van der Waals surface area contributed by atoms with Crippen LogP contribution in [0.1, 0.15) is 49.7 Å². The Hall–Kier alpha value is -2.36. The van der Waals surface area contributed by atoms with E-state index in [4.69, 9.17) is 0 Å². The van der Waals surface area contributed by atoms with Gasteiger partial charge in [-0.3, -0.25) is 9.59 Å². The summed E-state index contributed by atoms with van der Waals surface area (Å²) < 4.78 is 2.07. The van der Waals surface area contributed by atoms with E-state index in [1.807, 2.05) is 57.2 Å². The molecule has 0 aliphatic rings. The van der Waals surface area contributed by atoms with E-state index < -0.39 is 0 Å². The molecule has 0 bridgehead atoms. The van der Waals surface area contributed by atoms with Crippen molar-refractivity contribution in [2.24, 2.45) is 0 Å². The fraction of sp³-hybridized carbons (Fsp3) is 0.400. The average Bonchev–Trinajstić information content (AvgIpc) is 2.90. The van der Waals surface area contributed by atoms with Gasteiger partial charge < -0.3 is 9.88 Å². The normalized spacial score (nSPS) is 12.0. The molecule has 0 spiro atoms. The molecule has 0 aliphatic carbocycles. The number of Topliss-reactive ketones (excluding diaryl/α,β-unsaturated/α-hetero) is 1. The fourth-order valence-corrected chi connectivity index (χ4v) is 2.80.